The van der Waals surface area contributed by atoms with E-state index in [0.717, 1.165) is 62.5 Å². The Bertz CT molecular complexity index is 1150. The Kier molecular flexibility index (Phi) is 15.9. The first-order chi connectivity index (χ1) is 20.9. The van der Waals surface area contributed by atoms with Crippen molar-refractivity contribution < 1.29 is 28.4 Å². The topological polar surface area (TPSA) is 105 Å². The van der Waals surface area contributed by atoms with E-state index < -0.39 is 5.41 Å². The van der Waals surface area contributed by atoms with Crippen LogP contribution in [0.1, 0.15) is 96.1 Å². The van der Waals surface area contributed by atoms with E-state index in [9.17, 15) is 5.26 Å². The lowest BCUT2D eigenvalue weighted by Gasteiger charge is -2.30. The Hall–Kier alpha value is -3.31. The van der Waals surface area contributed by atoms with Crippen molar-refractivity contribution in [1.29, 1.82) is 5.26 Å². The molecule has 0 spiro atoms. The van der Waals surface area contributed by atoms with Gasteiger partial charge in [0, 0.05) is 11.6 Å². The van der Waals surface area contributed by atoms with E-state index in [2.05, 4.69) is 19.9 Å². The summed E-state index contributed by atoms with van der Waals surface area (Å²) in [6.45, 7) is 7.45. The second-order valence-corrected chi connectivity index (χ2v) is 11.0. The highest BCUT2D eigenvalue weighted by molar-refractivity contribution is 5.65. The van der Waals surface area contributed by atoms with Crippen molar-refractivity contribution in [3.05, 3.63) is 35.4 Å². The minimum Gasteiger partial charge on any atom is -0.493 e. The van der Waals surface area contributed by atoms with Crippen molar-refractivity contribution in [2.24, 2.45) is 5.73 Å². The summed E-state index contributed by atoms with van der Waals surface area (Å²) in [5, 5.41) is 10.7. The number of benzene rings is 2. The zero-order valence-corrected chi connectivity index (χ0v) is 27.6. The van der Waals surface area contributed by atoms with Gasteiger partial charge in [-0.1, -0.05) is 52.5 Å². The third kappa shape index (κ3) is 9.86. The molecule has 0 aliphatic heterocycles. The minimum absolute atomic E-state index is 0.0704. The van der Waals surface area contributed by atoms with Crippen LogP contribution < -0.4 is 34.2 Å². The number of nitrogens with two attached hydrogens (primary N) is 1. The van der Waals surface area contributed by atoms with Gasteiger partial charge in [0.2, 0.25) is 11.5 Å². The van der Waals surface area contributed by atoms with Crippen LogP contribution >= 0.6 is 0 Å². The van der Waals surface area contributed by atoms with E-state index in [4.69, 9.17) is 34.2 Å². The van der Waals surface area contributed by atoms with Crippen LogP contribution in [-0.4, -0.2) is 47.7 Å². The quantitative estimate of drug-likeness (QED) is 0.137. The summed E-state index contributed by atoms with van der Waals surface area (Å²) in [6.07, 6.45) is 9.61. The first-order valence-electron chi connectivity index (χ1n) is 15.8. The maximum Gasteiger partial charge on any atom is 0.207 e. The predicted octanol–water partition coefficient (Wildman–Crippen LogP) is 7.77. The molecule has 0 fully saturated rings. The molecule has 2 N–H and O–H groups in total. The molecule has 0 saturated carbocycles. The fourth-order valence-electron chi connectivity index (χ4n) is 5.42. The van der Waals surface area contributed by atoms with Crippen molar-refractivity contribution in [1.82, 2.24) is 0 Å². The number of ether oxygens (including phenoxy) is 6. The molecule has 2 rings (SSSR count). The summed E-state index contributed by atoms with van der Waals surface area (Å²) >= 11 is 0. The monoisotopic (exact) mass is 598 g/mol. The number of methoxy groups -OCH3 is 4. The van der Waals surface area contributed by atoms with Crippen LogP contribution in [-0.2, 0) is 11.8 Å². The van der Waals surface area contributed by atoms with Gasteiger partial charge in [-0.15, -0.1) is 0 Å². The van der Waals surface area contributed by atoms with Gasteiger partial charge in [0.15, 0.2) is 23.0 Å². The molecule has 0 aliphatic rings. The molecule has 0 aromatic heterocycles. The van der Waals surface area contributed by atoms with Crippen LogP contribution in [0.4, 0.5) is 0 Å². The smallest absolute Gasteiger partial charge is 0.207 e. The predicted molar refractivity (Wildman–Crippen MR) is 172 cm³/mol. The zero-order chi connectivity index (χ0) is 31.7. The fraction of sp³-hybridized carbons (Fsp3) is 0.629. The summed E-state index contributed by atoms with van der Waals surface area (Å²) in [5.41, 5.74) is 7.64. The molecule has 0 aliphatic carbocycles. The van der Waals surface area contributed by atoms with Crippen molar-refractivity contribution in [2.75, 3.05) is 41.7 Å². The minimum atomic E-state index is -0.815. The molecule has 2 aromatic rings. The second-order valence-electron chi connectivity index (χ2n) is 11.0. The number of unbranched alkanes of at least 4 members (excludes halogenated alkanes) is 4. The van der Waals surface area contributed by atoms with E-state index in [1.54, 1.807) is 28.4 Å². The van der Waals surface area contributed by atoms with Crippen molar-refractivity contribution >= 4 is 0 Å². The van der Waals surface area contributed by atoms with Gasteiger partial charge < -0.3 is 34.2 Å². The van der Waals surface area contributed by atoms with E-state index in [0.29, 0.717) is 67.0 Å². The molecule has 0 saturated heterocycles. The molecule has 0 amide bonds. The zero-order valence-electron chi connectivity index (χ0n) is 27.6. The van der Waals surface area contributed by atoms with Crippen molar-refractivity contribution in [3.8, 4) is 40.6 Å². The standard InChI is InChI=1S/C35H54N2O6/c1-8-11-13-20-42-31-24-28(32(43-21-14-12-9-2)34(41-7)33(31)40-6)35(10-3,25-36)19-15-16-27(37)22-26-17-18-29(38-4)30(23-26)39-5/h17-18,23-24,27H,8-16,19-22,37H2,1-7H3. The Morgan fingerprint density at radius 1 is 0.744 bits per heavy atom. The summed E-state index contributed by atoms with van der Waals surface area (Å²) in [6, 6.07) is 10.4. The number of nitriles is 1. The lowest BCUT2D eigenvalue weighted by atomic mass is 9.74. The molecule has 0 radical (unpaired) electrons. The first-order valence-corrected chi connectivity index (χ1v) is 15.8. The molecule has 0 bridgehead atoms. The summed E-state index contributed by atoms with van der Waals surface area (Å²) in [5.74, 6) is 3.49. The molecule has 240 valence electrons. The lowest BCUT2D eigenvalue weighted by molar-refractivity contribution is 0.252. The largest absolute Gasteiger partial charge is 0.493 e. The molecule has 8 heteroatoms. The number of rotatable bonds is 22. The van der Waals surface area contributed by atoms with Gasteiger partial charge in [0.05, 0.1) is 53.1 Å². The lowest BCUT2D eigenvalue weighted by Crippen LogP contribution is -2.27. The molecule has 2 unspecified atom stereocenters. The molecule has 2 atom stereocenters. The Balaban J connectivity index is 2.38. The van der Waals surface area contributed by atoms with Gasteiger partial charge in [-0.3, -0.25) is 0 Å². The molecule has 0 heterocycles. The number of nitrogens with zero attached hydrogens (tertiary/aromatic N) is 1. The SMILES string of the molecule is CCCCCOc1cc(C(C#N)(CC)CCCC(N)Cc2ccc(OC)c(OC)c2)c(OCCCCC)c(OC)c1OC. The highest BCUT2D eigenvalue weighted by atomic mass is 16.5. The third-order valence-corrected chi connectivity index (χ3v) is 8.02. The Morgan fingerprint density at radius 3 is 1.95 bits per heavy atom. The van der Waals surface area contributed by atoms with E-state index >= 15 is 0 Å². The van der Waals surface area contributed by atoms with E-state index in [1.807, 2.05) is 31.2 Å². The molecular weight excluding hydrogens is 544 g/mol. The Morgan fingerprint density at radius 2 is 1.40 bits per heavy atom. The first kappa shape index (κ1) is 35.9. The van der Waals surface area contributed by atoms with Gasteiger partial charge >= 0.3 is 0 Å². The maximum absolute atomic E-state index is 10.7. The maximum atomic E-state index is 10.7. The molecule has 8 nitrogen and oxygen atoms in total. The highest BCUT2D eigenvalue weighted by Crippen LogP contribution is 2.52. The van der Waals surface area contributed by atoms with Crippen LogP contribution in [0.15, 0.2) is 24.3 Å². The van der Waals surface area contributed by atoms with Gasteiger partial charge in [-0.2, -0.15) is 5.26 Å². The van der Waals surface area contributed by atoms with Crippen LogP contribution in [0, 0.1) is 11.3 Å². The van der Waals surface area contributed by atoms with Gasteiger partial charge in [0.1, 0.15) is 0 Å². The van der Waals surface area contributed by atoms with Crippen LogP contribution in [0.25, 0.3) is 0 Å². The van der Waals surface area contributed by atoms with E-state index in [-0.39, 0.29) is 6.04 Å². The molecule has 43 heavy (non-hydrogen) atoms. The van der Waals surface area contributed by atoms with E-state index in [1.165, 1.54) is 0 Å². The van der Waals surface area contributed by atoms with Crippen molar-refractivity contribution in [2.45, 2.75) is 103 Å². The fourth-order valence-corrected chi connectivity index (χ4v) is 5.42. The van der Waals surface area contributed by atoms with Crippen LogP contribution in [0.3, 0.4) is 0 Å². The van der Waals surface area contributed by atoms with Gasteiger partial charge in [-0.25, -0.2) is 0 Å². The molecular formula is C35H54N2O6. The normalized spacial score (nSPS) is 13.0. The van der Waals surface area contributed by atoms with Gasteiger partial charge in [0.25, 0.3) is 0 Å². The summed E-state index contributed by atoms with van der Waals surface area (Å²) in [7, 11) is 6.47. The van der Waals surface area contributed by atoms with Crippen LogP contribution in [0.2, 0.25) is 0 Å². The van der Waals surface area contributed by atoms with Crippen LogP contribution in [0.5, 0.6) is 34.5 Å². The molecule has 2 aromatic carbocycles. The number of hydrogen-bond acceptors (Lipinski definition) is 8. The highest BCUT2D eigenvalue weighted by Gasteiger charge is 2.37. The van der Waals surface area contributed by atoms with Crippen molar-refractivity contribution in [3.63, 3.8) is 0 Å². The third-order valence-electron chi connectivity index (χ3n) is 8.02. The summed E-state index contributed by atoms with van der Waals surface area (Å²) in [4.78, 5) is 0. The number of hydrogen-bond donors (Lipinski definition) is 1. The Labute approximate surface area is 259 Å². The average molecular weight is 599 g/mol. The van der Waals surface area contributed by atoms with Gasteiger partial charge in [-0.05, 0) is 68.7 Å². The average Bonchev–Trinajstić information content (AvgIpc) is 3.03. The summed E-state index contributed by atoms with van der Waals surface area (Å²) < 4.78 is 35.1. The second kappa shape index (κ2) is 19.1.